The highest BCUT2D eigenvalue weighted by atomic mass is 32.1. The lowest BCUT2D eigenvalue weighted by Gasteiger charge is -2.07. The van der Waals surface area contributed by atoms with Crippen LogP contribution in [0.25, 0.3) is 10.6 Å². The van der Waals surface area contributed by atoms with Gasteiger partial charge >= 0.3 is 0 Å². The second-order valence-electron chi connectivity index (χ2n) is 5.77. The van der Waals surface area contributed by atoms with Gasteiger partial charge in [0, 0.05) is 11.4 Å². The summed E-state index contributed by atoms with van der Waals surface area (Å²) in [6, 6.07) is 10.1. The van der Waals surface area contributed by atoms with Crippen LogP contribution in [-0.4, -0.2) is 31.2 Å². The lowest BCUT2D eigenvalue weighted by atomic mass is 10.2. The number of hydrogen-bond acceptors (Lipinski definition) is 6. The zero-order chi connectivity index (χ0) is 18.5. The summed E-state index contributed by atoms with van der Waals surface area (Å²) in [4.78, 5) is 6.73. The van der Waals surface area contributed by atoms with Gasteiger partial charge in [-0.05, 0) is 49.1 Å². The van der Waals surface area contributed by atoms with Crippen molar-refractivity contribution in [3.8, 4) is 22.1 Å². The standard InChI is InChI=1S/C19H21N3O2S2/c1-13(2)21-19-22(15(12-26-19)18-6-5-9-25-18)20-11-14-7-8-16(23-3)17(10-14)24-4/h5-13H,1-4H3. The summed E-state index contributed by atoms with van der Waals surface area (Å²) < 4.78 is 12.5. The highest BCUT2D eigenvalue weighted by molar-refractivity contribution is 7.14. The van der Waals surface area contributed by atoms with E-state index in [0.717, 1.165) is 20.9 Å². The third-order valence-corrected chi connectivity index (χ3v) is 5.28. The van der Waals surface area contributed by atoms with Gasteiger partial charge in [0.05, 0.1) is 31.0 Å². The van der Waals surface area contributed by atoms with E-state index in [1.54, 1.807) is 36.9 Å². The monoisotopic (exact) mass is 387 g/mol. The first-order chi connectivity index (χ1) is 12.6. The molecule has 0 aliphatic carbocycles. The minimum Gasteiger partial charge on any atom is -0.493 e. The zero-order valence-corrected chi connectivity index (χ0v) is 16.8. The highest BCUT2D eigenvalue weighted by Gasteiger charge is 2.09. The van der Waals surface area contributed by atoms with Gasteiger partial charge in [0.1, 0.15) is 0 Å². The summed E-state index contributed by atoms with van der Waals surface area (Å²) >= 11 is 3.28. The van der Waals surface area contributed by atoms with Crippen LogP contribution in [0.4, 0.5) is 0 Å². The number of nitrogens with zero attached hydrogens (tertiary/aromatic N) is 3. The van der Waals surface area contributed by atoms with Crippen LogP contribution in [0.15, 0.2) is 51.2 Å². The van der Waals surface area contributed by atoms with Gasteiger partial charge in [-0.1, -0.05) is 6.07 Å². The molecule has 0 radical (unpaired) electrons. The molecule has 0 saturated heterocycles. The lowest BCUT2D eigenvalue weighted by Crippen LogP contribution is -2.14. The third kappa shape index (κ3) is 4.05. The first-order valence-electron chi connectivity index (χ1n) is 8.17. The molecule has 0 spiro atoms. The number of hydrogen-bond donors (Lipinski definition) is 0. The first kappa shape index (κ1) is 18.4. The third-order valence-electron chi connectivity index (χ3n) is 3.56. The van der Waals surface area contributed by atoms with Crippen LogP contribution in [0.3, 0.4) is 0 Å². The molecule has 0 fully saturated rings. The predicted octanol–water partition coefficient (Wildman–Crippen LogP) is 4.49. The number of benzene rings is 1. The Morgan fingerprint density at radius 1 is 1.08 bits per heavy atom. The summed E-state index contributed by atoms with van der Waals surface area (Å²) in [5.41, 5.74) is 1.97. The Hall–Kier alpha value is -2.38. The summed E-state index contributed by atoms with van der Waals surface area (Å²) in [5, 5.41) is 8.86. The van der Waals surface area contributed by atoms with Gasteiger partial charge in [-0.25, -0.2) is 4.68 Å². The molecule has 0 aliphatic heterocycles. The zero-order valence-electron chi connectivity index (χ0n) is 15.2. The van der Waals surface area contributed by atoms with Crippen LogP contribution < -0.4 is 14.3 Å². The van der Waals surface area contributed by atoms with E-state index in [2.05, 4.69) is 30.7 Å². The highest BCUT2D eigenvalue weighted by Crippen LogP contribution is 2.27. The molecule has 0 saturated carbocycles. The normalized spacial score (nSPS) is 12.3. The van der Waals surface area contributed by atoms with Gasteiger partial charge in [0.2, 0.25) is 4.80 Å². The van der Waals surface area contributed by atoms with Crippen molar-refractivity contribution in [1.82, 2.24) is 4.68 Å². The van der Waals surface area contributed by atoms with Crippen LogP contribution in [-0.2, 0) is 0 Å². The van der Waals surface area contributed by atoms with E-state index in [0.29, 0.717) is 11.5 Å². The Morgan fingerprint density at radius 3 is 2.54 bits per heavy atom. The predicted molar refractivity (Wildman–Crippen MR) is 109 cm³/mol. The molecular weight excluding hydrogens is 366 g/mol. The Morgan fingerprint density at radius 2 is 1.88 bits per heavy atom. The van der Waals surface area contributed by atoms with Crippen LogP contribution in [0, 0.1) is 0 Å². The van der Waals surface area contributed by atoms with Crippen LogP contribution >= 0.6 is 22.7 Å². The van der Waals surface area contributed by atoms with Gasteiger partial charge in [-0.2, -0.15) is 5.10 Å². The molecule has 0 N–H and O–H groups in total. The smallest absolute Gasteiger partial charge is 0.206 e. The fourth-order valence-corrected chi connectivity index (χ4v) is 4.14. The minimum absolute atomic E-state index is 0.201. The number of thiophene rings is 1. The van der Waals surface area contributed by atoms with E-state index < -0.39 is 0 Å². The Balaban J connectivity index is 2.03. The molecule has 0 aliphatic rings. The van der Waals surface area contributed by atoms with Crippen molar-refractivity contribution in [3.63, 3.8) is 0 Å². The average molecular weight is 388 g/mol. The molecule has 5 nitrogen and oxygen atoms in total. The molecular formula is C19H21N3O2S2. The molecule has 3 aromatic rings. The Kier molecular flexibility index (Phi) is 5.90. The molecule has 2 heterocycles. The van der Waals surface area contributed by atoms with Crippen molar-refractivity contribution in [3.05, 3.63) is 51.5 Å². The molecule has 0 unspecified atom stereocenters. The summed E-state index contributed by atoms with van der Waals surface area (Å²) in [7, 11) is 3.25. The van der Waals surface area contributed by atoms with Gasteiger partial charge in [-0.3, -0.25) is 4.99 Å². The fraction of sp³-hybridized carbons (Fsp3) is 0.263. The van der Waals surface area contributed by atoms with Crippen molar-refractivity contribution in [1.29, 1.82) is 0 Å². The molecule has 0 bridgehead atoms. The number of ether oxygens (including phenoxy) is 2. The van der Waals surface area contributed by atoms with Gasteiger partial charge in [-0.15, -0.1) is 22.7 Å². The van der Waals surface area contributed by atoms with Crippen molar-refractivity contribution in [2.45, 2.75) is 19.9 Å². The quantitative estimate of drug-likeness (QED) is 0.585. The first-order valence-corrected chi connectivity index (χ1v) is 9.93. The van der Waals surface area contributed by atoms with Gasteiger partial charge < -0.3 is 9.47 Å². The maximum Gasteiger partial charge on any atom is 0.206 e. The van der Waals surface area contributed by atoms with Crippen molar-refractivity contribution < 1.29 is 9.47 Å². The second-order valence-corrected chi connectivity index (χ2v) is 7.56. The van der Waals surface area contributed by atoms with Crippen molar-refractivity contribution in [2.24, 2.45) is 10.1 Å². The van der Waals surface area contributed by atoms with Gasteiger partial charge in [0.25, 0.3) is 0 Å². The average Bonchev–Trinajstić information content (AvgIpc) is 3.29. The largest absolute Gasteiger partial charge is 0.493 e. The second kappa shape index (κ2) is 8.33. The van der Waals surface area contributed by atoms with E-state index in [1.165, 1.54) is 0 Å². The summed E-state index contributed by atoms with van der Waals surface area (Å²) in [6.45, 7) is 4.12. The fourth-order valence-electron chi connectivity index (χ4n) is 2.37. The van der Waals surface area contributed by atoms with E-state index in [1.807, 2.05) is 35.2 Å². The van der Waals surface area contributed by atoms with E-state index in [-0.39, 0.29) is 6.04 Å². The molecule has 3 rings (SSSR count). The maximum atomic E-state index is 5.36. The topological polar surface area (TPSA) is 48.1 Å². The van der Waals surface area contributed by atoms with E-state index >= 15 is 0 Å². The number of methoxy groups -OCH3 is 2. The molecule has 2 aromatic heterocycles. The van der Waals surface area contributed by atoms with Crippen LogP contribution in [0.5, 0.6) is 11.5 Å². The Labute approximate surface area is 160 Å². The minimum atomic E-state index is 0.201. The van der Waals surface area contributed by atoms with Crippen LogP contribution in [0.1, 0.15) is 19.4 Å². The molecule has 1 aromatic carbocycles. The van der Waals surface area contributed by atoms with Crippen molar-refractivity contribution >= 4 is 28.9 Å². The van der Waals surface area contributed by atoms with E-state index in [4.69, 9.17) is 19.6 Å². The van der Waals surface area contributed by atoms with E-state index in [9.17, 15) is 0 Å². The van der Waals surface area contributed by atoms with Crippen LogP contribution in [0.2, 0.25) is 0 Å². The Bertz CT molecular complexity index is 954. The lowest BCUT2D eigenvalue weighted by molar-refractivity contribution is 0.355. The molecule has 136 valence electrons. The molecule has 7 heteroatoms. The SMILES string of the molecule is COc1ccc(C=Nn2c(-c3cccs3)csc2=NC(C)C)cc1OC. The molecule has 0 atom stereocenters. The number of thiazole rings is 1. The summed E-state index contributed by atoms with van der Waals surface area (Å²) in [5.74, 6) is 1.37. The number of rotatable bonds is 6. The van der Waals surface area contributed by atoms with Gasteiger partial charge in [0.15, 0.2) is 11.5 Å². The molecule has 0 amide bonds. The van der Waals surface area contributed by atoms with Crippen molar-refractivity contribution in [2.75, 3.05) is 14.2 Å². The maximum absolute atomic E-state index is 5.36. The number of aromatic nitrogens is 1. The summed E-state index contributed by atoms with van der Waals surface area (Å²) in [6.07, 6.45) is 1.81. The molecule has 26 heavy (non-hydrogen) atoms.